The van der Waals surface area contributed by atoms with Gasteiger partial charge in [0.1, 0.15) is 0 Å². The van der Waals surface area contributed by atoms with Crippen molar-refractivity contribution < 1.29 is 0 Å². The summed E-state index contributed by atoms with van der Waals surface area (Å²) in [5.41, 5.74) is 1.43. The van der Waals surface area contributed by atoms with E-state index in [9.17, 15) is 0 Å². The summed E-state index contributed by atoms with van der Waals surface area (Å²) in [6.45, 7) is 3.23. The standard InChI is InChI=1S/C13H19Br2NS/c1-2-16-11(7-9-5-3-4-6-9)10-8-12(14)17-13(10)15/h8-9,11,16H,2-7H2,1H3. The van der Waals surface area contributed by atoms with Gasteiger partial charge in [-0.05, 0) is 62.4 Å². The van der Waals surface area contributed by atoms with Gasteiger partial charge in [-0.3, -0.25) is 0 Å². The molecule has 0 aromatic carbocycles. The van der Waals surface area contributed by atoms with Crippen molar-refractivity contribution in [1.82, 2.24) is 5.32 Å². The number of hydrogen-bond acceptors (Lipinski definition) is 2. The fraction of sp³-hybridized carbons (Fsp3) is 0.692. The number of halogens is 2. The summed E-state index contributed by atoms with van der Waals surface area (Å²) in [4.78, 5) is 0. The Morgan fingerprint density at radius 1 is 1.41 bits per heavy atom. The molecule has 0 aliphatic heterocycles. The van der Waals surface area contributed by atoms with Gasteiger partial charge in [-0.1, -0.05) is 32.6 Å². The van der Waals surface area contributed by atoms with Crippen LogP contribution in [0, 0.1) is 5.92 Å². The average molecular weight is 381 g/mol. The molecule has 0 saturated heterocycles. The maximum Gasteiger partial charge on any atom is 0.0758 e. The van der Waals surface area contributed by atoms with E-state index >= 15 is 0 Å². The predicted molar refractivity (Wildman–Crippen MR) is 82.7 cm³/mol. The molecule has 4 heteroatoms. The summed E-state index contributed by atoms with van der Waals surface area (Å²) in [6, 6.07) is 2.77. The number of hydrogen-bond donors (Lipinski definition) is 1. The van der Waals surface area contributed by atoms with Crippen molar-refractivity contribution >= 4 is 43.2 Å². The molecule has 1 saturated carbocycles. The van der Waals surface area contributed by atoms with Gasteiger partial charge in [0.25, 0.3) is 0 Å². The minimum Gasteiger partial charge on any atom is -0.310 e. The lowest BCUT2D eigenvalue weighted by atomic mass is 9.95. The monoisotopic (exact) mass is 379 g/mol. The topological polar surface area (TPSA) is 12.0 Å². The zero-order chi connectivity index (χ0) is 12.3. The van der Waals surface area contributed by atoms with Crippen molar-refractivity contribution in [3.05, 3.63) is 19.2 Å². The SMILES string of the molecule is CCNC(CC1CCCC1)c1cc(Br)sc1Br. The van der Waals surface area contributed by atoms with Crippen LogP contribution in [0.25, 0.3) is 0 Å². The molecule has 0 amide bonds. The molecule has 2 rings (SSSR count). The summed E-state index contributed by atoms with van der Waals surface area (Å²) in [5.74, 6) is 0.921. The fourth-order valence-electron chi connectivity index (χ4n) is 2.74. The van der Waals surface area contributed by atoms with Gasteiger partial charge in [-0.2, -0.15) is 0 Å². The van der Waals surface area contributed by atoms with Crippen LogP contribution in [0.3, 0.4) is 0 Å². The van der Waals surface area contributed by atoms with E-state index in [1.165, 1.54) is 45.2 Å². The first-order valence-corrected chi connectivity index (χ1v) is 8.79. The van der Waals surface area contributed by atoms with E-state index in [4.69, 9.17) is 0 Å². The van der Waals surface area contributed by atoms with Crippen molar-refractivity contribution in [2.75, 3.05) is 6.54 Å². The molecule has 0 bridgehead atoms. The molecule has 96 valence electrons. The van der Waals surface area contributed by atoms with Crippen LogP contribution in [0.15, 0.2) is 13.6 Å². The number of thiophene rings is 1. The lowest BCUT2D eigenvalue weighted by Gasteiger charge is -2.21. The summed E-state index contributed by atoms with van der Waals surface area (Å²) < 4.78 is 2.49. The van der Waals surface area contributed by atoms with Crippen LogP contribution in [0.1, 0.15) is 50.6 Å². The number of nitrogens with one attached hydrogen (secondary N) is 1. The third-order valence-electron chi connectivity index (χ3n) is 3.55. The summed E-state index contributed by atoms with van der Waals surface area (Å²) in [7, 11) is 0. The van der Waals surface area contributed by atoms with Gasteiger partial charge in [-0.15, -0.1) is 11.3 Å². The lowest BCUT2D eigenvalue weighted by Crippen LogP contribution is -2.22. The molecule has 1 aromatic rings. The normalized spacial score (nSPS) is 18.8. The molecule has 1 aliphatic rings. The second-order valence-electron chi connectivity index (χ2n) is 4.78. The first-order chi connectivity index (χ1) is 8.20. The Hall–Kier alpha value is 0.620. The van der Waals surface area contributed by atoms with E-state index in [0.29, 0.717) is 6.04 Å². The van der Waals surface area contributed by atoms with Crippen molar-refractivity contribution in [3.63, 3.8) is 0 Å². The van der Waals surface area contributed by atoms with Gasteiger partial charge in [0.2, 0.25) is 0 Å². The van der Waals surface area contributed by atoms with Crippen LogP contribution in [0.2, 0.25) is 0 Å². The second kappa shape index (κ2) is 6.69. The van der Waals surface area contributed by atoms with Gasteiger partial charge < -0.3 is 5.32 Å². The summed E-state index contributed by atoms with van der Waals surface area (Å²) in [6.07, 6.45) is 6.99. The van der Waals surface area contributed by atoms with Crippen LogP contribution in [-0.4, -0.2) is 6.54 Å². The van der Waals surface area contributed by atoms with E-state index in [0.717, 1.165) is 12.5 Å². The third kappa shape index (κ3) is 3.79. The van der Waals surface area contributed by atoms with Gasteiger partial charge in [0, 0.05) is 6.04 Å². The molecule has 1 heterocycles. The van der Waals surface area contributed by atoms with Gasteiger partial charge in [0.15, 0.2) is 0 Å². The predicted octanol–water partition coefficient (Wildman–Crippen LogP) is 5.50. The van der Waals surface area contributed by atoms with Gasteiger partial charge in [-0.25, -0.2) is 0 Å². The number of rotatable bonds is 5. The minimum atomic E-state index is 0.514. The summed E-state index contributed by atoms with van der Waals surface area (Å²) in [5, 5.41) is 3.64. The fourth-order valence-corrected chi connectivity index (χ4v) is 5.71. The molecule has 1 atom stereocenters. The highest BCUT2D eigenvalue weighted by molar-refractivity contribution is 9.12. The molecular weight excluding hydrogens is 362 g/mol. The maximum atomic E-state index is 3.69. The molecule has 1 unspecified atom stereocenters. The zero-order valence-corrected chi connectivity index (χ0v) is 14.1. The highest BCUT2D eigenvalue weighted by Gasteiger charge is 2.23. The van der Waals surface area contributed by atoms with Crippen LogP contribution < -0.4 is 5.32 Å². The van der Waals surface area contributed by atoms with Crippen molar-refractivity contribution in [2.45, 2.75) is 45.1 Å². The molecule has 0 radical (unpaired) electrons. The molecule has 1 N–H and O–H groups in total. The van der Waals surface area contributed by atoms with Crippen molar-refractivity contribution in [3.8, 4) is 0 Å². The molecule has 1 aromatic heterocycles. The van der Waals surface area contributed by atoms with Crippen molar-refractivity contribution in [1.29, 1.82) is 0 Å². The van der Waals surface area contributed by atoms with Crippen LogP contribution in [-0.2, 0) is 0 Å². The smallest absolute Gasteiger partial charge is 0.0758 e. The van der Waals surface area contributed by atoms with Gasteiger partial charge in [0.05, 0.1) is 7.57 Å². The molecule has 0 spiro atoms. The van der Waals surface area contributed by atoms with Crippen LogP contribution in [0.5, 0.6) is 0 Å². The quantitative estimate of drug-likeness (QED) is 0.710. The minimum absolute atomic E-state index is 0.514. The molecule has 17 heavy (non-hydrogen) atoms. The molecule has 1 nitrogen and oxygen atoms in total. The Morgan fingerprint density at radius 3 is 2.65 bits per heavy atom. The molecular formula is C13H19Br2NS. The van der Waals surface area contributed by atoms with Gasteiger partial charge >= 0.3 is 0 Å². The average Bonchev–Trinajstić information content (AvgIpc) is 2.88. The van der Waals surface area contributed by atoms with E-state index in [1.54, 1.807) is 11.3 Å². The zero-order valence-electron chi connectivity index (χ0n) is 10.1. The first kappa shape index (κ1) is 14.0. The second-order valence-corrected chi connectivity index (χ2v) is 8.53. The lowest BCUT2D eigenvalue weighted by molar-refractivity contribution is 0.400. The molecule has 1 fully saturated rings. The molecule has 1 aliphatic carbocycles. The van der Waals surface area contributed by atoms with E-state index < -0.39 is 0 Å². The highest BCUT2D eigenvalue weighted by Crippen LogP contribution is 2.40. The Kier molecular flexibility index (Phi) is 5.52. The summed E-state index contributed by atoms with van der Waals surface area (Å²) >= 11 is 9.04. The third-order valence-corrected chi connectivity index (χ3v) is 5.94. The van der Waals surface area contributed by atoms with E-state index in [1.807, 2.05) is 0 Å². The Labute approximate surface area is 125 Å². The van der Waals surface area contributed by atoms with E-state index in [-0.39, 0.29) is 0 Å². The Bertz CT molecular complexity index is 358. The Morgan fingerprint density at radius 2 is 2.12 bits per heavy atom. The van der Waals surface area contributed by atoms with Crippen LogP contribution >= 0.6 is 43.2 Å². The van der Waals surface area contributed by atoms with Crippen molar-refractivity contribution in [2.24, 2.45) is 5.92 Å². The largest absolute Gasteiger partial charge is 0.310 e. The maximum absolute atomic E-state index is 3.69. The van der Waals surface area contributed by atoms with Crippen LogP contribution in [0.4, 0.5) is 0 Å². The van der Waals surface area contributed by atoms with E-state index in [2.05, 4.69) is 50.2 Å². The first-order valence-electron chi connectivity index (χ1n) is 6.38. The highest BCUT2D eigenvalue weighted by atomic mass is 79.9. The Balaban J connectivity index is 2.07.